The topological polar surface area (TPSA) is 360 Å². The van der Waals surface area contributed by atoms with Gasteiger partial charge in [-0.15, -0.1) is 0 Å². The van der Waals surface area contributed by atoms with Crippen LogP contribution in [0.1, 0.15) is 103 Å². The number of phosphoric ester groups is 2. The molecule has 27 nitrogen and oxygen atoms in total. The molecule has 2 aromatic rings. The van der Waals surface area contributed by atoms with E-state index in [1.54, 1.807) is 0 Å². The van der Waals surface area contributed by atoms with Crippen molar-refractivity contribution in [1.82, 2.24) is 19.1 Å². The zero-order valence-electron chi connectivity index (χ0n) is 35.2. The summed E-state index contributed by atoms with van der Waals surface area (Å²) in [7, 11) is -23.9. The molecule has 4 saturated heterocycles. The second-order valence-electron chi connectivity index (χ2n) is 15.5. The molecule has 0 radical (unpaired) electrons. The maximum atomic E-state index is 12.9. The number of rotatable bonds is 26. The largest absolute Gasteiger partial charge is 0.490 e. The van der Waals surface area contributed by atoms with Gasteiger partial charge in [0.05, 0.1) is 13.2 Å². The van der Waals surface area contributed by atoms with Gasteiger partial charge < -0.3 is 48.0 Å². The highest BCUT2D eigenvalue weighted by atomic mass is 31.3. The van der Waals surface area contributed by atoms with E-state index < -0.39 is 129 Å². The van der Waals surface area contributed by atoms with E-state index in [1.807, 2.05) is 0 Å². The number of unbranched alkanes of at least 4 members (excludes halogenated alkanes) is 8. The Morgan fingerprint density at radius 2 is 0.877 bits per heavy atom. The number of nitrogens with one attached hydrogen (secondary N) is 2. The Morgan fingerprint density at radius 1 is 0.523 bits per heavy atom. The number of nitrogens with zero attached hydrogens (tertiary/aromatic N) is 2. The highest BCUT2D eigenvalue weighted by molar-refractivity contribution is 7.69. The first-order valence-electron chi connectivity index (χ1n) is 21.0. The van der Waals surface area contributed by atoms with Crippen LogP contribution >= 0.6 is 31.3 Å². The van der Waals surface area contributed by atoms with Crippen molar-refractivity contribution in [1.29, 1.82) is 0 Å². The first-order valence-corrected chi connectivity index (χ1v) is 27.0. The smallest absolute Gasteiger partial charge is 0.346 e. The fourth-order valence-corrected chi connectivity index (χ4v) is 12.6. The van der Waals surface area contributed by atoms with Crippen LogP contribution in [0.25, 0.3) is 0 Å². The van der Waals surface area contributed by atoms with Crippen molar-refractivity contribution in [3.63, 3.8) is 0 Å². The normalized spacial score (nSPS) is 31.2. The Kier molecular flexibility index (Phi) is 17.9. The molecule has 0 saturated carbocycles. The van der Waals surface area contributed by atoms with Crippen LogP contribution in [-0.4, -0.2) is 101 Å². The fraction of sp³-hybridized carbons (Fsp3) is 0.765. The van der Waals surface area contributed by atoms with Gasteiger partial charge in [-0.1, -0.05) is 65.2 Å². The summed E-state index contributed by atoms with van der Waals surface area (Å²) in [6, 6.07) is 2.10. The van der Waals surface area contributed by atoms with Crippen LogP contribution in [0.2, 0.25) is 0 Å². The molecule has 368 valence electrons. The Balaban J connectivity index is 1.04. The summed E-state index contributed by atoms with van der Waals surface area (Å²) in [5, 5.41) is 0. The lowest BCUT2D eigenvalue weighted by molar-refractivity contribution is -0.154. The molecule has 4 aliphatic heterocycles. The standard InChI is InChI=1S/C34H54N4O23P4/c1-3-5-7-9-11-13-25-55-27-21(53-31(29(27)57-25)37-17-15-23(39)35-33(37)41)19-51-62(43,44)59-64(47,48)61-65(49,50)60-63(45,46)52-20-22-28-30(58-26(56-28)14-12-10-8-6-4-2)32(54-22)38-18-16-24(40)36-34(38)42/h15-18,21-22,25-32H,3-14,19-20H2,1-2H3,(H,43,44)(H,45,46)(H,47,48)(H,49,50)(H,35,39,41)(H,36,40,42)/t21-,22+,25?,26?,27-,28+,29-,30+,31-,32+. The Hall–Kier alpha value is -2.32. The lowest BCUT2D eigenvalue weighted by atomic mass is 10.1. The lowest BCUT2D eigenvalue weighted by Crippen LogP contribution is -2.36. The molecular formula is C34H54N4O23P4. The third-order valence-electron chi connectivity index (χ3n) is 10.6. The van der Waals surface area contributed by atoms with E-state index in [0.717, 1.165) is 97.9 Å². The number of aromatic amines is 2. The molecule has 0 aromatic carbocycles. The van der Waals surface area contributed by atoms with Gasteiger partial charge in [0.15, 0.2) is 25.0 Å². The van der Waals surface area contributed by atoms with Crippen LogP contribution in [0.5, 0.6) is 0 Å². The number of ether oxygens (including phenoxy) is 6. The molecule has 0 bridgehead atoms. The maximum absolute atomic E-state index is 12.9. The third-order valence-corrected chi connectivity index (χ3v) is 16.5. The van der Waals surface area contributed by atoms with Crippen molar-refractivity contribution < 1.29 is 88.2 Å². The Labute approximate surface area is 370 Å². The molecule has 31 heteroatoms. The van der Waals surface area contributed by atoms with Gasteiger partial charge in [-0.3, -0.25) is 37.7 Å². The van der Waals surface area contributed by atoms with Crippen LogP contribution in [0.3, 0.4) is 0 Å². The molecule has 0 amide bonds. The molecule has 4 fully saturated rings. The summed E-state index contributed by atoms with van der Waals surface area (Å²) in [6.07, 6.45) is 1.69. The number of hydrogen-bond acceptors (Lipinski definition) is 19. The molecule has 6 unspecified atom stereocenters. The molecular weight excluding hydrogens is 956 g/mol. The van der Waals surface area contributed by atoms with Crippen molar-refractivity contribution >= 4 is 31.3 Å². The minimum atomic E-state index is -6.19. The molecule has 6 rings (SSSR count). The van der Waals surface area contributed by atoms with Crippen molar-refractivity contribution in [3.05, 3.63) is 66.2 Å². The van der Waals surface area contributed by atoms with Crippen molar-refractivity contribution in [2.75, 3.05) is 13.2 Å². The van der Waals surface area contributed by atoms with E-state index in [2.05, 4.69) is 36.7 Å². The molecule has 6 heterocycles. The minimum absolute atomic E-state index is 0.443. The minimum Gasteiger partial charge on any atom is -0.346 e. The van der Waals surface area contributed by atoms with Gasteiger partial charge in [-0.2, -0.15) is 12.9 Å². The van der Waals surface area contributed by atoms with E-state index in [1.165, 1.54) is 0 Å². The monoisotopic (exact) mass is 1010 g/mol. The lowest BCUT2D eigenvalue weighted by Gasteiger charge is -2.23. The molecule has 2 aromatic heterocycles. The van der Waals surface area contributed by atoms with Gasteiger partial charge in [-0.05, 0) is 25.7 Å². The van der Waals surface area contributed by atoms with E-state index >= 15 is 0 Å². The summed E-state index contributed by atoms with van der Waals surface area (Å²) >= 11 is 0. The van der Waals surface area contributed by atoms with Gasteiger partial charge in [0.1, 0.15) is 36.6 Å². The van der Waals surface area contributed by atoms with Gasteiger partial charge in [0.2, 0.25) is 0 Å². The van der Waals surface area contributed by atoms with E-state index in [4.69, 9.17) is 37.5 Å². The van der Waals surface area contributed by atoms with Crippen molar-refractivity contribution in [2.24, 2.45) is 0 Å². The van der Waals surface area contributed by atoms with Crippen molar-refractivity contribution in [2.45, 2.75) is 153 Å². The number of hydrogen-bond donors (Lipinski definition) is 6. The maximum Gasteiger partial charge on any atom is 0.490 e. The second kappa shape index (κ2) is 22.4. The third kappa shape index (κ3) is 14.4. The number of fused-ring (bicyclic) bond motifs is 2. The number of H-pyrrole nitrogens is 2. The molecule has 0 spiro atoms. The summed E-state index contributed by atoms with van der Waals surface area (Å²) in [6.45, 7) is 2.27. The van der Waals surface area contributed by atoms with Crippen LogP contribution in [0.15, 0.2) is 43.7 Å². The average molecular weight is 1010 g/mol. The van der Waals surface area contributed by atoms with Crippen LogP contribution in [0.4, 0.5) is 0 Å². The SMILES string of the molecule is CCCCCCCC1O[C@@H]2[C@H](O1)[C@@H](COP(=O)(O)OP(=O)(O)OP(=O)(O)OP(=O)(O)OC[C@@H]1O[C@H](n3ccc(=O)[nH]c3=O)[C@H]3OC(CCCCCCC)O[C@H]31)O[C@H]2n1ccc(=O)[nH]c1=O. The zero-order valence-corrected chi connectivity index (χ0v) is 38.8. The van der Waals surface area contributed by atoms with Gasteiger partial charge in [0.25, 0.3) is 11.1 Å². The highest BCUT2D eigenvalue weighted by Crippen LogP contribution is 2.71. The van der Waals surface area contributed by atoms with E-state index in [0.29, 0.717) is 12.8 Å². The second-order valence-corrected chi connectivity index (χ2v) is 21.8. The predicted molar refractivity (Wildman–Crippen MR) is 219 cm³/mol. The summed E-state index contributed by atoms with van der Waals surface area (Å²) in [5.74, 6) is 0. The van der Waals surface area contributed by atoms with E-state index in [9.17, 15) is 57.0 Å². The number of aromatic nitrogens is 4. The highest BCUT2D eigenvalue weighted by Gasteiger charge is 2.56. The molecule has 4 aliphatic rings. The Morgan fingerprint density at radius 3 is 1.25 bits per heavy atom. The van der Waals surface area contributed by atoms with Gasteiger partial charge in [-0.25, -0.2) is 27.8 Å². The predicted octanol–water partition coefficient (Wildman–Crippen LogP) is 3.31. The van der Waals surface area contributed by atoms with E-state index in [-0.39, 0.29) is 0 Å². The van der Waals surface area contributed by atoms with Crippen LogP contribution in [-0.2, 0) is 68.7 Å². The first-order chi connectivity index (χ1) is 30.7. The Bertz CT molecular complexity index is 2200. The summed E-state index contributed by atoms with van der Waals surface area (Å²) in [5.41, 5.74) is -3.14. The quantitative estimate of drug-likeness (QED) is 0.0581. The zero-order chi connectivity index (χ0) is 47.2. The summed E-state index contributed by atoms with van der Waals surface area (Å²) in [4.78, 5) is 93.9. The molecule has 65 heavy (non-hydrogen) atoms. The average Bonchev–Trinajstić information content (AvgIpc) is 3.96. The summed E-state index contributed by atoms with van der Waals surface area (Å²) < 4.78 is 111. The number of phosphoric acid groups is 4. The van der Waals surface area contributed by atoms with Gasteiger partial charge in [0, 0.05) is 24.5 Å². The van der Waals surface area contributed by atoms with Gasteiger partial charge >= 0.3 is 42.7 Å². The molecule has 0 aliphatic carbocycles. The first kappa shape index (κ1) is 52.1. The molecule has 6 N–H and O–H groups in total. The van der Waals surface area contributed by atoms with Crippen molar-refractivity contribution in [3.8, 4) is 0 Å². The fourth-order valence-electron chi connectivity index (χ4n) is 7.68. The van der Waals surface area contributed by atoms with Crippen LogP contribution < -0.4 is 22.5 Å². The molecule has 14 atom stereocenters. The van der Waals surface area contributed by atoms with Crippen LogP contribution in [0, 0.1) is 0 Å².